The molecule has 1 amide bonds. The molecule has 1 aliphatic heterocycles. The Balaban J connectivity index is 1.90. The van der Waals surface area contributed by atoms with Gasteiger partial charge in [-0.1, -0.05) is 17.9 Å². The van der Waals surface area contributed by atoms with Crippen molar-refractivity contribution in [1.29, 1.82) is 0 Å². The highest BCUT2D eigenvalue weighted by Crippen LogP contribution is 2.11. The predicted molar refractivity (Wildman–Crippen MR) is 83.0 cm³/mol. The summed E-state index contributed by atoms with van der Waals surface area (Å²) in [6.07, 6.45) is 2.51. The number of benzene rings is 1. The Labute approximate surface area is 126 Å². The molecule has 1 fully saturated rings. The first kappa shape index (κ1) is 15.6. The molecule has 4 heteroatoms. The maximum atomic E-state index is 12.2. The Hall–Kier alpha value is -1.83. The Morgan fingerprint density at radius 2 is 2.19 bits per heavy atom. The molecule has 1 aromatic rings. The molecule has 0 saturated carbocycles. The van der Waals surface area contributed by atoms with Crippen molar-refractivity contribution in [2.24, 2.45) is 0 Å². The van der Waals surface area contributed by atoms with Crippen LogP contribution >= 0.6 is 0 Å². The smallest absolute Gasteiger partial charge is 0.251 e. The van der Waals surface area contributed by atoms with E-state index in [1.165, 1.54) is 12.8 Å². The molecule has 0 bridgehead atoms. The number of aliphatic hydroxyl groups is 1. The zero-order valence-electron chi connectivity index (χ0n) is 12.4. The Kier molecular flexibility index (Phi) is 5.79. The quantitative estimate of drug-likeness (QED) is 0.819. The van der Waals surface area contributed by atoms with Crippen molar-refractivity contribution in [2.45, 2.75) is 25.8 Å². The van der Waals surface area contributed by atoms with Crippen LogP contribution in [0, 0.1) is 11.8 Å². The topological polar surface area (TPSA) is 52.6 Å². The molecular formula is C17H22N2O2. The lowest BCUT2D eigenvalue weighted by Crippen LogP contribution is -2.40. The molecule has 2 N–H and O–H groups in total. The van der Waals surface area contributed by atoms with Gasteiger partial charge < -0.3 is 10.4 Å². The zero-order chi connectivity index (χ0) is 15.1. The zero-order valence-corrected chi connectivity index (χ0v) is 12.4. The molecule has 1 saturated heterocycles. The molecule has 0 radical (unpaired) electrons. The SMILES string of the molecule is CC(CNC(=O)c1cccc(C#CCO)c1)N1CCCC1. The summed E-state index contributed by atoms with van der Waals surface area (Å²) in [5.41, 5.74) is 1.35. The number of carbonyl (C=O) groups is 1. The monoisotopic (exact) mass is 286 g/mol. The molecule has 1 atom stereocenters. The van der Waals surface area contributed by atoms with Gasteiger partial charge in [-0.05, 0) is 51.1 Å². The lowest BCUT2D eigenvalue weighted by Gasteiger charge is -2.23. The van der Waals surface area contributed by atoms with Crippen molar-refractivity contribution in [3.8, 4) is 11.8 Å². The molecule has 0 spiro atoms. The van der Waals surface area contributed by atoms with E-state index in [2.05, 4.69) is 29.0 Å². The van der Waals surface area contributed by atoms with Gasteiger partial charge in [0.05, 0.1) is 0 Å². The fourth-order valence-corrected chi connectivity index (χ4v) is 2.53. The van der Waals surface area contributed by atoms with Crippen LogP contribution in [0.4, 0.5) is 0 Å². The van der Waals surface area contributed by atoms with E-state index in [-0.39, 0.29) is 12.5 Å². The van der Waals surface area contributed by atoms with Crippen LogP contribution in [-0.2, 0) is 0 Å². The Bertz CT molecular complexity index is 539. The second-order valence-corrected chi connectivity index (χ2v) is 5.34. The number of carbonyl (C=O) groups excluding carboxylic acids is 1. The van der Waals surface area contributed by atoms with Crippen LogP contribution in [0.2, 0.25) is 0 Å². The highest BCUT2D eigenvalue weighted by molar-refractivity contribution is 5.94. The van der Waals surface area contributed by atoms with E-state index in [9.17, 15) is 4.79 Å². The van der Waals surface area contributed by atoms with Crippen molar-refractivity contribution in [2.75, 3.05) is 26.2 Å². The normalized spacial score (nSPS) is 16.1. The molecular weight excluding hydrogens is 264 g/mol. The Morgan fingerprint density at radius 3 is 2.90 bits per heavy atom. The fraction of sp³-hybridized carbons (Fsp3) is 0.471. The van der Waals surface area contributed by atoms with Gasteiger partial charge in [-0.15, -0.1) is 0 Å². The first-order valence-corrected chi connectivity index (χ1v) is 7.43. The molecule has 0 aliphatic carbocycles. The molecule has 2 rings (SSSR count). The minimum Gasteiger partial charge on any atom is -0.384 e. The van der Waals surface area contributed by atoms with E-state index in [4.69, 9.17) is 5.11 Å². The third kappa shape index (κ3) is 4.59. The van der Waals surface area contributed by atoms with Crippen molar-refractivity contribution in [1.82, 2.24) is 10.2 Å². The Morgan fingerprint density at radius 1 is 1.43 bits per heavy atom. The predicted octanol–water partition coefficient (Wildman–Crippen LogP) is 1.24. The molecule has 0 aromatic heterocycles. The number of nitrogens with zero attached hydrogens (tertiary/aromatic N) is 1. The van der Waals surface area contributed by atoms with Crippen molar-refractivity contribution in [3.05, 3.63) is 35.4 Å². The van der Waals surface area contributed by atoms with Gasteiger partial charge in [-0.25, -0.2) is 0 Å². The second kappa shape index (κ2) is 7.82. The summed E-state index contributed by atoms with van der Waals surface area (Å²) >= 11 is 0. The first-order valence-electron chi connectivity index (χ1n) is 7.43. The number of likely N-dealkylation sites (tertiary alicyclic amines) is 1. The van der Waals surface area contributed by atoms with Gasteiger partial charge in [0.25, 0.3) is 5.91 Å². The summed E-state index contributed by atoms with van der Waals surface area (Å²) in [5, 5.41) is 11.7. The van der Waals surface area contributed by atoms with E-state index < -0.39 is 0 Å². The van der Waals surface area contributed by atoms with Crippen molar-refractivity contribution >= 4 is 5.91 Å². The maximum Gasteiger partial charge on any atom is 0.251 e. The van der Waals surface area contributed by atoms with Crippen LogP contribution in [0.3, 0.4) is 0 Å². The summed E-state index contributed by atoms with van der Waals surface area (Å²) < 4.78 is 0. The third-order valence-corrected chi connectivity index (χ3v) is 3.76. The van der Waals surface area contributed by atoms with E-state index in [0.717, 1.165) is 18.7 Å². The molecule has 112 valence electrons. The van der Waals surface area contributed by atoms with Crippen LogP contribution in [0.15, 0.2) is 24.3 Å². The van der Waals surface area contributed by atoms with Crippen LogP contribution < -0.4 is 5.32 Å². The maximum absolute atomic E-state index is 12.2. The van der Waals surface area contributed by atoms with Gasteiger partial charge in [0.2, 0.25) is 0 Å². The minimum atomic E-state index is -0.177. The summed E-state index contributed by atoms with van der Waals surface area (Å²) in [6.45, 7) is 4.89. The van der Waals surface area contributed by atoms with Crippen LogP contribution in [-0.4, -0.2) is 48.2 Å². The van der Waals surface area contributed by atoms with E-state index >= 15 is 0 Å². The van der Waals surface area contributed by atoms with Crippen LogP contribution in [0.1, 0.15) is 35.7 Å². The van der Waals surface area contributed by atoms with E-state index in [0.29, 0.717) is 18.2 Å². The second-order valence-electron chi connectivity index (χ2n) is 5.34. The molecule has 1 aromatic carbocycles. The summed E-state index contributed by atoms with van der Waals surface area (Å²) in [5.74, 6) is 5.32. The number of aliphatic hydroxyl groups excluding tert-OH is 1. The van der Waals surface area contributed by atoms with E-state index in [1.807, 2.05) is 6.07 Å². The van der Waals surface area contributed by atoms with Gasteiger partial charge in [0.15, 0.2) is 0 Å². The minimum absolute atomic E-state index is 0.0753. The van der Waals surface area contributed by atoms with Gasteiger partial charge in [0.1, 0.15) is 6.61 Å². The number of rotatable bonds is 4. The van der Waals surface area contributed by atoms with Crippen LogP contribution in [0.25, 0.3) is 0 Å². The standard InChI is InChI=1S/C17H22N2O2/c1-14(19-9-2-3-10-19)13-18-17(21)16-8-4-6-15(12-16)7-5-11-20/h4,6,8,12,14,20H,2-3,9-11,13H2,1H3,(H,18,21). The summed E-state index contributed by atoms with van der Waals surface area (Å²) in [7, 11) is 0. The molecule has 1 unspecified atom stereocenters. The molecule has 1 aliphatic rings. The third-order valence-electron chi connectivity index (χ3n) is 3.76. The van der Waals surface area contributed by atoms with E-state index in [1.54, 1.807) is 18.2 Å². The number of hydrogen-bond donors (Lipinski definition) is 2. The highest BCUT2D eigenvalue weighted by Gasteiger charge is 2.18. The summed E-state index contributed by atoms with van der Waals surface area (Å²) in [4.78, 5) is 14.6. The van der Waals surface area contributed by atoms with Gasteiger partial charge in [0, 0.05) is 23.7 Å². The highest BCUT2D eigenvalue weighted by atomic mass is 16.2. The van der Waals surface area contributed by atoms with Gasteiger partial charge >= 0.3 is 0 Å². The van der Waals surface area contributed by atoms with Crippen molar-refractivity contribution < 1.29 is 9.90 Å². The lowest BCUT2D eigenvalue weighted by atomic mass is 10.1. The van der Waals surface area contributed by atoms with Crippen LogP contribution in [0.5, 0.6) is 0 Å². The van der Waals surface area contributed by atoms with Gasteiger partial charge in [-0.2, -0.15) is 0 Å². The molecule has 21 heavy (non-hydrogen) atoms. The lowest BCUT2D eigenvalue weighted by molar-refractivity contribution is 0.0940. The number of hydrogen-bond acceptors (Lipinski definition) is 3. The first-order chi connectivity index (χ1) is 10.2. The molecule has 4 nitrogen and oxygen atoms in total. The number of nitrogens with one attached hydrogen (secondary N) is 1. The van der Waals surface area contributed by atoms with Crippen molar-refractivity contribution in [3.63, 3.8) is 0 Å². The van der Waals surface area contributed by atoms with Gasteiger partial charge in [-0.3, -0.25) is 9.69 Å². The largest absolute Gasteiger partial charge is 0.384 e. The molecule has 1 heterocycles. The fourth-order valence-electron chi connectivity index (χ4n) is 2.53. The average Bonchev–Trinajstić information content (AvgIpc) is 3.05. The average molecular weight is 286 g/mol. The summed E-state index contributed by atoms with van der Waals surface area (Å²) in [6, 6.07) is 7.53. The number of amides is 1.